The molecule has 0 saturated carbocycles. The first-order valence-corrected chi connectivity index (χ1v) is 8.07. The molecule has 0 aliphatic carbocycles. The Morgan fingerprint density at radius 2 is 2.13 bits per heavy atom. The first-order chi connectivity index (χ1) is 10.9. The van der Waals surface area contributed by atoms with Gasteiger partial charge in [0.05, 0.1) is 18.2 Å². The van der Waals surface area contributed by atoms with E-state index in [0.717, 1.165) is 29.8 Å². The van der Waals surface area contributed by atoms with E-state index in [1.54, 1.807) is 22.6 Å². The van der Waals surface area contributed by atoms with E-state index in [2.05, 4.69) is 5.10 Å². The van der Waals surface area contributed by atoms with E-state index in [4.69, 9.17) is 4.74 Å². The average molecular weight is 319 g/mol. The number of carbonyl (C=O) groups is 2. The van der Waals surface area contributed by atoms with Crippen molar-refractivity contribution in [1.82, 2.24) is 14.7 Å². The summed E-state index contributed by atoms with van der Waals surface area (Å²) in [5.74, 6) is -0.475. The van der Waals surface area contributed by atoms with Crippen molar-refractivity contribution in [2.24, 2.45) is 13.0 Å². The zero-order valence-electron chi connectivity index (χ0n) is 14.3. The number of amides is 1. The Kier molecular flexibility index (Phi) is 5.58. The fraction of sp³-hybridized carbons (Fsp3) is 0.588. The first kappa shape index (κ1) is 17.2. The van der Waals surface area contributed by atoms with Crippen molar-refractivity contribution in [2.75, 3.05) is 19.7 Å². The van der Waals surface area contributed by atoms with Gasteiger partial charge in [0.1, 0.15) is 0 Å². The second kappa shape index (κ2) is 7.44. The van der Waals surface area contributed by atoms with E-state index in [1.165, 1.54) is 0 Å². The Morgan fingerprint density at radius 3 is 2.74 bits per heavy atom. The van der Waals surface area contributed by atoms with Crippen LogP contribution in [0, 0.1) is 19.8 Å². The summed E-state index contributed by atoms with van der Waals surface area (Å²) < 4.78 is 6.87. The van der Waals surface area contributed by atoms with Gasteiger partial charge < -0.3 is 9.64 Å². The number of rotatable bonds is 4. The Hall–Kier alpha value is -2.11. The van der Waals surface area contributed by atoms with E-state index in [1.807, 2.05) is 27.0 Å². The molecule has 0 radical (unpaired) electrons. The minimum Gasteiger partial charge on any atom is -0.466 e. The van der Waals surface area contributed by atoms with Crippen molar-refractivity contribution in [3.05, 3.63) is 23.0 Å². The van der Waals surface area contributed by atoms with Crippen molar-refractivity contribution in [3.8, 4) is 0 Å². The van der Waals surface area contributed by atoms with Gasteiger partial charge in [0.25, 0.3) is 0 Å². The molecule has 0 aromatic carbocycles. The van der Waals surface area contributed by atoms with Gasteiger partial charge in [-0.1, -0.05) is 0 Å². The van der Waals surface area contributed by atoms with Gasteiger partial charge in [-0.2, -0.15) is 5.10 Å². The van der Waals surface area contributed by atoms with Crippen molar-refractivity contribution >= 4 is 18.0 Å². The van der Waals surface area contributed by atoms with Crippen LogP contribution in [0.2, 0.25) is 0 Å². The predicted octanol–water partition coefficient (Wildman–Crippen LogP) is 1.85. The standard InChI is InChI=1S/C17H25N3O3/c1-5-23-17(22)14-7-6-10-20(11-14)16(21)9-8-15-12(2)18-19(4)13(15)3/h8-9,14H,5-7,10-11H2,1-4H3/b9-8+. The van der Waals surface area contributed by atoms with Crippen molar-refractivity contribution in [3.63, 3.8) is 0 Å². The van der Waals surface area contributed by atoms with Crippen LogP contribution in [0.25, 0.3) is 6.08 Å². The van der Waals surface area contributed by atoms with Crippen LogP contribution in [0.1, 0.15) is 36.7 Å². The summed E-state index contributed by atoms with van der Waals surface area (Å²) in [4.78, 5) is 26.0. The molecule has 1 saturated heterocycles. The van der Waals surface area contributed by atoms with Crippen LogP contribution in [0.15, 0.2) is 6.08 Å². The number of aryl methyl sites for hydroxylation is 2. The molecule has 0 bridgehead atoms. The quantitative estimate of drug-likeness (QED) is 0.627. The molecule has 1 aromatic rings. The molecule has 6 heteroatoms. The third-order valence-corrected chi connectivity index (χ3v) is 4.31. The molecule has 1 atom stereocenters. The normalized spacial score (nSPS) is 18.4. The van der Waals surface area contributed by atoms with Crippen molar-refractivity contribution < 1.29 is 14.3 Å². The molecule has 1 amide bonds. The summed E-state index contributed by atoms with van der Waals surface area (Å²) in [6, 6.07) is 0. The highest BCUT2D eigenvalue weighted by molar-refractivity contribution is 5.92. The topological polar surface area (TPSA) is 64.4 Å². The monoisotopic (exact) mass is 319 g/mol. The third-order valence-electron chi connectivity index (χ3n) is 4.31. The molecule has 1 aliphatic rings. The number of piperidine rings is 1. The minimum absolute atomic E-state index is 0.0679. The molecule has 126 valence electrons. The molecular formula is C17H25N3O3. The van der Waals surface area contributed by atoms with Gasteiger partial charge in [0, 0.05) is 37.5 Å². The summed E-state index contributed by atoms with van der Waals surface area (Å²) >= 11 is 0. The van der Waals surface area contributed by atoms with Crippen molar-refractivity contribution in [2.45, 2.75) is 33.6 Å². The summed E-state index contributed by atoms with van der Waals surface area (Å²) in [7, 11) is 1.88. The van der Waals surface area contributed by atoms with Crippen LogP contribution in [0.4, 0.5) is 0 Å². The Labute approximate surface area is 137 Å². The number of ether oxygens (including phenoxy) is 1. The lowest BCUT2D eigenvalue weighted by molar-refractivity contribution is -0.150. The second-order valence-corrected chi connectivity index (χ2v) is 5.92. The summed E-state index contributed by atoms with van der Waals surface area (Å²) in [6.45, 7) is 7.20. The molecule has 23 heavy (non-hydrogen) atoms. The molecular weight excluding hydrogens is 294 g/mol. The zero-order chi connectivity index (χ0) is 17.0. The maximum atomic E-state index is 12.4. The van der Waals surface area contributed by atoms with E-state index in [0.29, 0.717) is 19.7 Å². The molecule has 0 spiro atoms. The fourth-order valence-corrected chi connectivity index (χ4v) is 2.92. The minimum atomic E-state index is -0.206. The van der Waals surface area contributed by atoms with Crippen LogP contribution in [-0.2, 0) is 21.4 Å². The summed E-state index contributed by atoms with van der Waals surface area (Å²) in [5, 5.41) is 4.34. The number of likely N-dealkylation sites (tertiary alicyclic amines) is 1. The van der Waals surface area contributed by atoms with Gasteiger partial charge in [0.2, 0.25) is 5.91 Å². The van der Waals surface area contributed by atoms with E-state index in [-0.39, 0.29) is 17.8 Å². The number of nitrogens with zero attached hydrogens (tertiary/aromatic N) is 3. The van der Waals surface area contributed by atoms with Crippen molar-refractivity contribution in [1.29, 1.82) is 0 Å². The van der Waals surface area contributed by atoms with Gasteiger partial charge in [-0.3, -0.25) is 14.3 Å². The molecule has 1 aromatic heterocycles. The number of aromatic nitrogens is 2. The van der Waals surface area contributed by atoms with E-state index >= 15 is 0 Å². The summed E-state index contributed by atoms with van der Waals surface area (Å²) in [6.07, 6.45) is 5.00. The Balaban J connectivity index is 2.02. The molecule has 1 unspecified atom stereocenters. The highest BCUT2D eigenvalue weighted by atomic mass is 16.5. The van der Waals surface area contributed by atoms with Crippen LogP contribution in [0.3, 0.4) is 0 Å². The first-order valence-electron chi connectivity index (χ1n) is 8.07. The maximum Gasteiger partial charge on any atom is 0.310 e. The average Bonchev–Trinajstić information content (AvgIpc) is 2.78. The molecule has 0 N–H and O–H groups in total. The lowest BCUT2D eigenvalue weighted by Gasteiger charge is -2.30. The van der Waals surface area contributed by atoms with Crippen LogP contribution in [-0.4, -0.2) is 46.3 Å². The molecule has 6 nitrogen and oxygen atoms in total. The SMILES string of the molecule is CCOC(=O)C1CCCN(C(=O)/C=C/c2c(C)nn(C)c2C)C1. The van der Waals surface area contributed by atoms with Crippen LogP contribution in [0.5, 0.6) is 0 Å². The molecule has 1 fully saturated rings. The second-order valence-electron chi connectivity index (χ2n) is 5.92. The van der Waals surface area contributed by atoms with Gasteiger partial charge in [-0.05, 0) is 39.7 Å². The van der Waals surface area contributed by atoms with E-state index in [9.17, 15) is 9.59 Å². The van der Waals surface area contributed by atoms with Crippen LogP contribution < -0.4 is 0 Å². The molecule has 2 heterocycles. The lowest BCUT2D eigenvalue weighted by Crippen LogP contribution is -2.42. The molecule has 1 aliphatic heterocycles. The highest BCUT2D eigenvalue weighted by Gasteiger charge is 2.28. The number of esters is 1. The zero-order valence-corrected chi connectivity index (χ0v) is 14.3. The highest BCUT2D eigenvalue weighted by Crippen LogP contribution is 2.19. The predicted molar refractivity (Wildman–Crippen MR) is 87.7 cm³/mol. The lowest BCUT2D eigenvalue weighted by atomic mass is 9.98. The fourth-order valence-electron chi connectivity index (χ4n) is 2.92. The number of carbonyl (C=O) groups excluding carboxylic acids is 2. The Bertz CT molecular complexity index is 619. The number of hydrogen-bond acceptors (Lipinski definition) is 4. The van der Waals surface area contributed by atoms with Gasteiger partial charge in [-0.15, -0.1) is 0 Å². The number of hydrogen-bond donors (Lipinski definition) is 0. The maximum absolute atomic E-state index is 12.4. The van der Waals surface area contributed by atoms with Gasteiger partial charge in [-0.25, -0.2) is 0 Å². The molecule has 2 rings (SSSR count). The largest absolute Gasteiger partial charge is 0.466 e. The van der Waals surface area contributed by atoms with E-state index < -0.39 is 0 Å². The Morgan fingerprint density at radius 1 is 1.39 bits per heavy atom. The van der Waals surface area contributed by atoms with Gasteiger partial charge in [0.15, 0.2) is 0 Å². The smallest absolute Gasteiger partial charge is 0.310 e. The van der Waals surface area contributed by atoms with Gasteiger partial charge >= 0.3 is 5.97 Å². The third kappa shape index (κ3) is 4.00. The summed E-state index contributed by atoms with van der Waals surface area (Å²) in [5.41, 5.74) is 2.89. The van der Waals surface area contributed by atoms with Crippen LogP contribution >= 0.6 is 0 Å².